The molecule has 0 unspecified atom stereocenters. The third-order valence-electron chi connectivity index (χ3n) is 20.5. The van der Waals surface area contributed by atoms with Crippen LogP contribution in [0, 0.1) is 28.7 Å². The van der Waals surface area contributed by atoms with Gasteiger partial charge < -0.3 is 94.5 Å². The number of likely N-dealkylation sites (tertiary alicyclic amines) is 3. The fraction of sp³-hybridized carbons (Fsp3) is 0.505. The van der Waals surface area contributed by atoms with Gasteiger partial charge in [-0.2, -0.15) is 0 Å². The summed E-state index contributed by atoms with van der Waals surface area (Å²) in [6.07, 6.45) is 8.80. The Balaban J connectivity index is 0. The number of halogens is 7. The van der Waals surface area contributed by atoms with E-state index in [1.807, 2.05) is 158 Å². The Morgan fingerprint density at radius 1 is 0.479 bits per heavy atom. The minimum absolute atomic E-state index is 0. The van der Waals surface area contributed by atoms with Crippen LogP contribution in [0.5, 0.6) is 0 Å². The number of hydrogen-bond acceptors (Lipinski definition) is 22. The number of aldehydes is 1. The average Bonchev–Trinajstić information content (AvgIpc) is 1.17. The Morgan fingerprint density at radius 2 is 0.824 bits per heavy atom. The minimum Gasteiger partial charge on any atom is -0.662 e. The molecule has 4 aliphatic heterocycles. The first kappa shape index (κ1) is 134. The quantitative estimate of drug-likeness (QED) is 0.00466. The molecule has 6 N–H and O–H groups in total. The zero-order chi connectivity index (χ0) is 102. The molecule has 11 rings (SSSR count). The predicted octanol–water partition coefficient (Wildman–Crippen LogP) is 17.6. The van der Waals surface area contributed by atoms with Crippen molar-refractivity contribution in [3.63, 3.8) is 0 Å². The fourth-order valence-electron chi connectivity index (χ4n) is 13.8. The maximum atomic E-state index is 13.2. The molecule has 0 radical (unpaired) electrons. The van der Waals surface area contributed by atoms with Gasteiger partial charge in [-0.25, -0.2) is 55.9 Å². The van der Waals surface area contributed by atoms with E-state index in [-0.39, 0.29) is 161 Å². The molecular formula is C105H151Cl3F4N9NaO20. The summed E-state index contributed by atoms with van der Waals surface area (Å²) in [7, 11) is 0. The van der Waals surface area contributed by atoms with E-state index in [2.05, 4.69) is 25.6 Å². The van der Waals surface area contributed by atoms with E-state index < -0.39 is 57.4 Å². The molecule has 29 nitrogen and oxygen atoms in total. The van der Waals surface area contributed by atoms with Gasteiger partial charge in [0.15, 0.2) is 0 Å². The van der Waals surface area contributed by atoms with E-state index in [0.29, 0.717) is 64.7 Å². The Bertz CT molecular complexity index is 4700. The summed E-state index contributed by atoms with van der Waals surface area (Å²) in [5, 5.41) is 26.6. The van der Waals surface area contributed by atoms with Crippen LogP contribution in [0.15, 0.2) is 188 Å². The summed E-state index contributed by atoms with van der Waals surface area (Å²) in [6, 6.07) is 53.3. The molecule has 0 saturated carbocycles. The summed E-state index contributed by atoms with van der Waals surface area (Å²) in [5.41, 5.74) is 8.73. The number of carboxylic acids is 1. The van der Waals surface area contributed by atoms with E-state index in [1.165, 1.54) is 53.4 Å². The molecule has 786 valence electrons. The third-order valence-corrected chi connectivity index (χ3v) is 20.6. The summed E-state index contributed by atoms with van der Waals surface area (Å²) in [5.74, 6) is -2.01. The monoisotopic (exact) mass is 2060 g/mol. The maximum absolute atomic E-state index is 13.2. The van der Waals surface area contributed by atoms with Crippen LogP contribution in [0.1, 0.15) is 209 Å². The molecule has 142 heavy (non-hydrogen) atoms. The number of amides is 6. The molecule has 0 aliphatic carbocycles. The van der Waals surface area contributed by atoms with Crippen LogP contribution in [-0.4, -0.2) is 215 Å². The second-order valence-corrected chi connectivity index (χ2v) is 38.0. The van der Waals surface area contributed by atoms with Crippen LogP contribution < -0.4 is 56.5 Å². The van der Waals surface area contributed by atoms with Crippen LogP contribution >= 0.6 is 36.4 Å². The normalized spacial score (nSPS) is 15.0. The Labute approximate surface area is 876 Å². The SMILES string of the molecule is C.C.CC(C)(C)OC(=O)N1CCC[C@H]1C=O.CC(C)(C)OC(=O)N1CCC[C@H]1CN(CCc1ccc(F)cc1)C(=O)OCc1ccccc1.CC(C)(C)OC(=O)N1CCC[C@H]1CNCCc1ccc(F)cc1.CC(C)(C)OC(=O)N[C@H](C(=O)O)C(C)(C)C.Cl.Cl.NCCc1ccc(F)cc1.O=C(Cl)OCc1ccccc1.O=C(OCc1ccccc1)N(CCc1ccc(F)cc1)C[C@@H]1CCCN1.O=CO[O-].[Na+]. The van der Waals surface area contributed by atoms with Crippen LogP contribution in [0.25, 0.3) is 0 Å². The van der Waals surface area contributed by atoms with Gasteiger partial charge in [0.2, 0.25) is 0 Å². The van der Waals surface area contributed by atoms with Crippen LogP contribution in [0.2, 0.25) is 0 Å². The van der Waals surface area contributed by atoms with Crippen molar-refractivity contribution < 1.29 is 143 Å². The molecule has 4 fully saturated rings. The number of nitrogens with zero attached hydrogens (tertiary/aromatic N) is 5. The fourth-order valence-corrected chi connectivity index (χ4v) is 13.9. The van der Waals surface area contributed by atoms with Crippen molar-refractivity contribution in [3.05, 3.63) is 250 Å². The van der Waals surface area contributed by atoms with Crippen LogP contribution in [0.4, 0.5) is 51.1 Å². The molecule has 7 aromatic rings. The summed E-state index contributed by atoms with van der Waals surface area (Å²) < 4.78 is 88.3. The maximum Gasteiger partial charge on any atom is 1.00 e. The Morgan fingerprint density at radius 3 is 1.17 bits per heavy atom. The number of nitrogens with two attached hydrogens (primary N) is 1. The molecule has 0 aromatic heterocycles. The number of benzene rings is 7. The molecule has 4 aliphatic rings. The van der Waals surface area contributed by atoms with Crippen molar-refractivity contribution in [2.75, 3.05) is 72.0 Å². The minimum atomic E-state index is -1.07. The summed E-state index contributed by atoms with van der Waals surface area (Å²) in [6.45, 7) is 34.6. The Hall–Kier alpha value is -10.3. The van der Waals surface area contributed by atoms with E-state index in [1.54, 1.807) is 105 Å². The number of carbonyl (C=O) groups is 10. The van der Waals surface area contributed by atoms with Crippen LogP contribution in [-0.2, 0) is 97.9 Å². The van der Waals surface area contributed by atoms with E-state index >= 15 is 0 Å². The first-order chi connectivity index (χ1) is 64.7. The number of alkyl carbamates (subject to hydrolysis) is 1. The van der Waals surface area contributed by atoms with Gasteiger partial charge in [-0.05, 0) is 273 Å². The molecule has 5 atom stereocenters. The molecule has 4 saturated heterocycles. The molecule has 4 heterocycles. The number of aliphatic carboxylic acids is 1. The molecule has 0 bridgehead atoms. The predicted molar refractivity (Wildman–Crippen MR) is 542 cm³/mol. The number of carbonyl (C=O) groups excluding carboxylic acids is 9. The smallest absolute Gasteiger partial charge is 0.662 e. The topological polar surface area (TPSA) is 366 Å². The van der Waals surface area contributed by atoms with Gasteiger partial charge in [-0.1, -0.05) is 175 Å². The molecule has 6 amide bonds. The summed E-state index contributed by atoms with van der Waals surface area (Å²) in [4.78, 5) is 125. The first-order valence-corrected chi connectivity index (χ1v) is 46.3. The number of hydrogen-bond donors (Lipinski definition) is 5. The van der Waals surface area contributed by atoms with Gasteiger partial charge in [-0.15, -0.1) is 24.8 Å². The molecule has 0 spiro atoms. The third kappa shape index (κ3) is 59.1. The first-order valence-electron chi connectivity index (χ1n) is 45.9. The van der Waals surface area contributed by atoms with Crippen LogP contribution in [0.3, 0.4) is 0 Å². The van der Waals surface area contributed by atoms with E-state index in [4.69, 9.17) is 60.9 Å². The van der Waals surface area contributed by atoms with Gasteiger partial charge in [0, 0.05) is 76.0 Å². The van der Waals surface area contributed by atoms with Crippen molar-refractivity contribution >= 4 is 97.1 Å². The van der Waals surface area contributed by atoms with E-state index in [0.717, 1.165) is 136 Å². The molecule has 7 aromatic carbocycles. The van der Waals surface area contributed by atoms with Gasteiger partial charge in [0.1, 0.15) is 77.8 Å². The van der Waals surface area contributed by atoms with Crippen molar-refractivity contribution in [2.24, 2.45) is 11.1 Å². The Kier molecular flexibility index (Phi) is 66.3. The standard InChI is InChI=1S/C26H33FN2O4.C21H25FN2O2.C18H27FN2O2.C11H21NO4.C10H17NO3.C8H7ClO2.C8H10FN.CH2O3.2CH4.2ClH.Na/c1-26(2,3)33-25(31)29-16-7-10-23(29)18-28(17-15-20-11-13-22(27)14-12-20)24(30)32-19-21-8-5-4-6-9-21;22-19-10-8-17(9-11-19)12-14-24(15-20-7-4-13-23-20)21(25)26-16-18-5-2-1-3-6-18;1-18(2,3)23-17(22)21-12-4-5-16(21)13-20-11-10-14-6-8-15(19)9-7-14;1-10(2,3)7(8(13)14)12-9(15)16-11(4,5)6;1-10(2,3)14-9(13)11-6-4-5-8(11)7-12;9-8(10)11-6-7-4-2-1-3-5-7;9-8-3-1-7(2-4-8)5-6-10;2-1-4-3;;;;;/h4-6,8-9,11-14,23H,7,10,15-19H2,1-3H3;1-3,5-6,8-11,20,23H,4,7,12-16H2;6-9,16,20H,4-5,10-13H2,1-3H3;7H,1-6H3,(H,12,15)(H,13,14);7-8H,4-6H2,1-3H3;1-5H,6H2;1-4H,5-6,10H2;1,3H;2*1H4;2*1H;/q;;;;;;;;;;;;+1/p-1/t23-;20-;16-;7-;8-;;;;;;;;/m00010......../s1. The average molecular weight is 2060 g/mol. The second kappa shape index (κ2) is 70.4. The largest absolute Gasteiger partial charge is 1.00 e. The number of carboxylic acid groups (broad SMARTS) is 1. The second-order valence-electron chi connectivity index (χ2n) is 37.7. The zero-order valence-electron chi connectivity index (χ0n) is 83.5. The molecular weight excluding hydrogens is 1910 g/mol. The number of ether oxygens (including phenoxy) is 7. The van der Waals surface area contributed by atoms with Crippen molar-refractivity contribution in [1.29, 1.82) is 0 Å². The van der Waals surface area contributed by atoms with Gasteiger partial charge >= 0.3 is 77.5 Å². The number of nitrogens with one attached hydrogen (secondary N) is 3. The molecule has 37 heteroatoms. The van der Waals surface area contributed by atoms with Crippen molar-refractivity contribution in [2.45, 2.75) is 268 Å². The summed E-state index contributed by atoms with van der Waals surface area (Å²) >= 11 is 4.97. The van der Waals surface area contributed by atoms with Crippen molar-refractivity contribution in [3.8, 4) is 0 Å². The zero-order valence-corrected chi connectivity index (χ0v) is 87.9. The van der Waals surface area contributed by atoms with Gasteiger partial charge in [0.05, 0.1) is 12.1 Å². The van der Waals surface area contributed by atoms with E-state index in [9.17, 15) is 60.7 Å². The van der Waals surface area contributed by atoms with Gasteiger partial charge in [-0.3, -0.25) is 9.69 Å². The van der Waals surface area contributed by atoms with Crippen molar-refractivity contribution in [1.82, 2.24) is 40.4 Å². The number of rotatable bonds is 27. The van der Waals surface area contributed by atoms with Gasteiger partial charge in [0.25, 0.3) is 6.47 Å².